The summed E-state index contributed by atoms with van der Waals surface area (Å²) in [4.78, 5) is 0. The quantitative estimate of drug-likeness (QED) is 0.164. The van der Waals surface area contributed by atoms with E-state index in [1.165, 1.54) is 53.8 Å². The first-order chi connectivity index (χ1) is 18.7. The second-order valence-electron chi connectivity index (χ2n) is 10.2. The molecule has 184 valence electrons. The van der Waals surface area contributed by atoms with Crippen molar-refractivity contribution in [3.8, 4) is 22.5 Å². The van der Waals surface area contributed by atoms with Crippen LogP contribution >= 0.6 is 11.3 Å². The molecule has 3 aromatic heterocycles. The Morgan fingerprint density at radius 2 is 1.55 bits per heavy atom. The van der Waals surface area contributed by atoms with Crippen LogP contribution in [0.15, 0.2) is 122 Å². The third kappa shape index (κ3) is 3.61. The number of hydrogen-bond acceptors (Lipinski definition) is 1. The summed E-state index contributed by atoms with van der Waals surface area (Å²) < 4.78 is 7.40. The van der Waals surface area contributed by atoms with E-state index in [-0.39, 0.29) is 6.04 Å². The zero-order valence-electron chi connectivity index (χ0n) is 21.5. The molecule has 0 fully saturated rings. The molecule has 6 aromatic rings. The molecule has 2 atom stereocenters. The molecular weight excluding hydrogens is 480 g/mol. The number of fused-ring (bicyclic) bond motifs is 6. The fraction of sp³-hybridized carbons (Fsp3) is 0.143. The van der Waals surface area contributed by atoms with Gasteiger partial charge in [0.1, 0.15) is 7.05 Å². The van der Waals surface area contributed by atoms with Gasteiger partial charge in [-0.15, -0.1) is 11.3 Å². The molecule has 2 nitrogen and oxygen atoms in total. The minimum atomic E-state index is 0.227. The summed E-state index contributed by atoms with van der Waals surface area (Å²) in [5.74, 6) is 0.360. The van der Waals surface area contributed by atoms with Gasteiger partial charge in [-0.3, -0.25) is 0 Å². The van der Waals surface area contributed by atoms with E-state index < -0.39 is 0 Å². The molecular formula is C35H30N2S+2. The number of rotatable bonds is 5. The van der Waals surface area contributed by atoms with Crippen LogP contribution in [0.3, 0.4) is 0 Å². The molecule has 0 aliphatic carbocycles. The lowest BCUT2D eigenvalue weighted by atomic mass is 9.79. The lowest BCUT2D eigenvalue weighted by molar-refractivity contribution is -0.707. The van der Waals surface area contributed by atoms with Gasteiger partial charge in [0.2, 0.25) is 11.4 Å². The molecule has 38 heavy (non-hydrogen) atoms. The first-order valence-corrected chi connectivity index (χ1v) is 14.2. The summed E-state index contributed by atoms with van der Waals surface area (Å²) in [7, 11) is 2.16. The van der Waals surface area contributed by atoms with Gasteiger partial charge in [-0.25, -0.2) is 4.57 Å². The van der Waals surface area contributed by atoms with E-state index in [2.05, 4.69) is 138 Å². The van der Waals surface area contributed by atoms with E-state index >= 15 is 0 Å². The van der Waals surface area contributed by atoms with Crippen LogP contribution in [0, 0.1) is 0 Å². The lowest BCUT2D eigenvalue weighted by Crippen LogP contribution is -2.46. The molecule has 0 spiro atoms. The van der Waals surface area contributed by atoms with E-state index in [0.29, 0.717) is 5.92 Å². The van der Waals surface area contributed by atoms with Gasteiger partial charge < -0.3 is 0 Å². The number of allylic oxidation sites excluding steroid dienone is 1. The van der Waals surface area contributed by atoms with Crippen molar-refractivity contribution < 1.29 is 9.13 Å². The van der Waals surface area contributed by atoms with E-state index in [4.69, 9.17) is 0 Å². The Hall–Kier alpha value is -4.08. The van der Waals surface area contributed by atoms with Gasteiger partial charge in [-0.1, -0.05) is 55.1 Å². The van der Waals surface area contributed by atoms with Crippen LogP contribution in [0.4, 0.5) is 0 Å². The molecule has 4 heterocycles. The average molecular weight is 511 g/mol. The maximum absolute atomic E-state index is 4.28. The molecule has 1 aliphatic rings. The Balaban J connectivity index is 1.36. The molecule has 0 amide bonds. The van der Waals surface area contributed by atoms with Gasteiger partial charge in [0.15, 0.2) is 18.4 Å². The largest absolute Gasteiger partial charge is 0.213 e. The van der Waals surface area contributed by atoms with Crippen molar-refractivity contribution in [3.05, 3.63) is 133 Å². The molecule has 0 radical (unpaired) electrons. The average Bonchev–Trinajstić information content (AvgIpc) is 3.35. The fourth-order valence-corrected chi connectivity index (χ4v) is 7.67. The number of benzene rings is 3. The van der Waals surface area contributed by atoms with Gasteiger partial charge >= 0.3 is 0 Å². The predicted molar refractivity (Wildman–Crippen MR) is 158 cm³/mol. The normalized spacial score (nSPS) is 16.3. The highest BCUT2D eigenvalue weighted by atomic mass is 32.1. The Kier molecular flexibility index (Phi) is 5.67. The van der Waals surface area contributed by atoms with Crippen LogP contribution in [0.1, 0.15) is 29.5 Å². The van der Waals surface area contributed by atoms with Crippen molar-refractivity contribution in [1.82, 2.24) is 0 Å². The molecule has 7 rings (SSSR count). The number of nitrogens with zero attached hydrogens (tertiary/aromatic N) is 2. The lowest BCUT2D eigenvalue weighted by Gasteiger charge is -2.29. The molecule has 0 N–H and O–H groups in total. The summed E-state index contributed by atoms with van der Waals surface area (Å²) in [6, 6.07) is 35.7. The third-order valence-corrected chi connectivity index (χ3v) is 9.37. The smallest absolute Gasteiger partial charge is 0.201 e. The maximum Gasteiger partial charge on any atom is 0.213 e. The highest BCUT2D eigenvalue weighted by Gasteiger charge is 2.37. The van der Waals surface area contributed by atoms with Crippen molar-refractivity contribution in [2.45, 2.75) is 24.8 Å². The first kappa shape index (κ1) is 23.1. The zero-order valence-corrected chi connectivity index (χ0v) is 22.4. The van der Waals surface area contributed by atoms with E-state index in [0.717, 1.165) is 12.8 Å². The monoisotopic (exact) mass is 510 g/mol. The molecule has 0 bridgehead atoms. The summed E-state index contributed by atoms with van der Waals surface area (Å²) in [5.41, 5.74) is 8.09. The summed E-state index contributed by atoms with van der Waals surface area (Å²) in [6.07, 6.45) is 8.56. The molecule has 1 aliphatic heterocycles. The number of pyridine rings is 2. The van der Waals surface area contributed by atoms with Crippen molar-refractivity contribution in [2.75, 3.05) is 0 Å². The highest BCUT2D eigenvalue weighted by molar-refractivity contribution is 7.26. The summed E-state index contributed by atoms with van der Waals surface area (Å²) in [6.45, 7) is 4.28. The Morgan fingerprint density at radius 3 is 2.42 bits per heavy atom. The third-order valence-electron chi connectivity index (χ3n) is 8.17. The second-order valence-corrected chi connectivity index (χ2v) is 11.3. The fourth-order valence-electron chi connectivity index (χ4n) is 6.39. The molecule has 2 unspecified atom stereocenters. The predicted octanol–water partition coefficient (Wildman–Crippen LogP) is 7.96. The Bertz CT molecular complexity index is 1830. The standard InChI is InChI=1S/C35H30N2S/c1-3-30-27(25-12-4-5-13-26(25)31-15-9-11-23-37(30)31)20-18-24-19-21-29-28-14-6-7-17-33(28)38-35(29)34(24)32-16-8-10-22-36(32)2/h3-17,19,21-23,27,30H,1,18,20H2,2H3/q+2. The van der Waals surface area contributed by atoms with E-state index in [1.807, 2.05) is 11.3 Å². The Labute approximate surface area is 227 Å². The second kappa shape index (κ2) is 9.34. The molecule has 0 saturated heterocycles. The molecule has 0 saturated carbocycles. The molecule has 3 aromatic carbocycles. The first-order valence-electron chi connectivity index (χ1n) is 13.3. The zero-order chi connectivity index (χ0) is 25.6. The van der Waals surface area contributed by atoms with Crippen LogP contribution in [-0.4, -0.2) is 0 Å². The SMILES string of the molecule is C=CC1C(CCc2ccc3c(sc4ccccc43)c2-c2cccc[n+]2C)c2ccccc2-c2cccc[n+]21. The minimum Gasteiger partial charge on any atom is -0.201 e. The number of hydrogen-bond donors (Lipinski definition) is 0. The summed E-state index contributed by atoms with van der Waals surface area (Å²) in [5, 5.41) is 2.70. The van der Waals surface area contributed by atoms with Crippen LogP contribution in [0.5, 0.6) is 0 Å². The maximum atomic E-state index is 4.28. The number of thiophene rings is 1. The van der Waals surface area contributed by atoms with Crippen LogP contribution in [0.25, 0.3) is 42.7 Å². The number of aryl methyl sites for hydroxylation is 2. The van der Waals surface area contributed by atoms with Crippen LogP contribution in [-0.2, 0) is 13.5 Å². The van der Waals surface area contributed by atoms with Crippen molar-refractivity contribution in [2.24, 2.45) is 7.05 Å². The van der Waals surface area contributed by atoms with Gasteiger partial charge in [0.25, 0.3) is 0 Å². The van der Waals surface area contributed by atoms with Gasteiger partial charge in [-0.2, -0.15) is 4.57 Å². The van der Waals surface area contributed by atoms with Crippen LogP contribution < -0.4 is 9.13 Å². The molecule has 3 heteroatoms. The Morgan fingerprint density at radius 1 is 0.789 bits per heavy atom. The van der Waals surface area contributed by atoms with Gasteiger partial charge in [-0.05, 0) is 54.3 Å². The topological polar surface area (TPSA) is 7.76 Å². The van der Waals surface area contributed by atoms with E-state index in [1.54, 1.807) is 0 Å². The van der Waals surface area contributed by atoms with Gasteiger partial charge in [0, 0.05) is 50.0 Å². The number of aromatic nitrogens is 2. The van der Waals surface area contributed by atoms with Gasteiger partial charge in [0.05, 0.1) is 11.5 Å². The van der Waals surface area contributed by atoms with Crippen LogP contribution in [0.2, 0.25) is 0 Å². The van der Waals surface area contributed by atoms with E-state index in [9.17, 15) is 0 Å². The van der Waals surface area contributed by atoms with Crippen molar-refractivity contribution in [1.29, 1.82) is 0 Å². The highest BCUT2D eigenvalue weighted by Crippen LogP contribution is 2.44. The van der Waals surface area contributed by atoms with Crippen molar-refractivity contribution >= 4 is 31.5 Å². The van der Waals surface area contributed by atoms with Crippen molar-refractivity contribution in [3.63, 3.8) is 0 Å². The summed E-state index contributed by atoms with van der Waals surface area (Å²) >= 11 is 1.92. The minimum absolute atomic E-state index is 0.227.